The molecule has 0 aliphatic carbocycles. The predicted octanol–water partition coefficient (Wildman–Crippen LogP) is 3.19. The van der Waals surface area contributed by atoms with Gasteiger partial charge in [0.1, 0.15) is 18.4 Å². The molecule has 0 bridgehead atoms. The summed E-state index contributed by atoms with van der Waals surface area (Å²) in [5, 5.41) is 3.14. The van der Waals surface area contributed by atoms with Crippen LogP contribution in [-0.2, 0) is 26.2 Å². The van der Waals surface area contributed by atoms with Crippen LogP contribution in [0.15, 0.2) is 48.5 Å². The zero-order valence-electron chi connectivity index (χ0n) is 18.2. The van der Waals surface area contributed by atoms with Crippen molar-refractivity contribution in [3.05, 3.63) is 64.9 Å². The Bertz CT molecular complexity index is 1060. The number of carbonyl (C=O) groups excluding carboxylic acids is 2. The molecule has 0 spiro atoms. The van der Waals surface area contributed by atoms with Gasteiger partial charge in [0.25, 0.3) is 0 Å². The topological polar surface area (TPSA) is 86.8 Å². The fraction of sp³-hybridized carbons (Fsp3) is 0.364. The smallest absolute Gasteiger partial charge is 0.244 e. The summed E-state index contributed by atoms with van der Waals surface area (Å²) in [4.78, 5) is 27.1. The average Bonchev–Trinajstić information content (AvgIpc) is 2.74. The molecule has 0 heterocycles. The van der Waals surface area contributed by atoms with Gasteiger partial charge in [-0.15, -0.1) is 0 Å². The van der Waals surface area contributed by atoms with Crippen molar-refractivity contribution in [2.45, 2.75) is 32.9 Å². The van der Waals surface area contributed by atoms with Crippen molar-refractivity contribution in [3.8, 4) is 0 Å². The van der Waals surface area contributed by atoms with Crippen molar-refractivity contribution in [2.75, 3.05) is 23.7 Å². The Balaban J connectivity index is 2.40. The minimum Gasteiger partial charge on any atom is -0.354 e. The maximum absolute atomic E-state index is 14.3. The highest BCUT2D eigenvalue weighted by Crippen LogP contribution is 2.23. The first-order valence-corrected chi connectivity index (χ1v) is 12.3. The van der Waals surface area contributed by atoms with Crippen molar-refractivity contribution in [3.63, 3.8) is 0 Å². The van der Waals surface area contributed by atoms with E-state index in [-0.39, 0.29) is 18.1 Å². The van der Waals surface area contributed by atoms with Crippen LogP contribution in [-0.4, -0.2) is 50.5 Å². The number of carbonyl (C=O) groups is 2. The Morgan fingerprint density at radius 2 is 1.75 bits per heavy atom. The summed E-state index contributed by atoms with van der Waals surface area (Å²) in [5.41, 5.74) is 0.346. The van der Waals surface area contributed by atoms with Crippen LogP contribution >= 0.6 is 11.6 Å². The van der Waals surface area contributed by atoms with Gasteiger partial charge in [-0.1, -0.05) is 48.9 Å². The number of hydrogen-bond acceptors (Lipinski definition) is 4. The molecule has 32 heavy (non-hydrogen) atoms. The fourth-order valence-electron chi connectivity index (χ4n) is 3.04. The summed E-state index contributed by atoms with van der Waals surface area (Å²) in [6, 6.07) is 11.2. The maximum Gasteiger partial charge on any atom is 0.244 e. The molecular weight excluding hydrogens is 457 g/mol. The molecule has 7 nitrogen and oxygen atoms in total. The molecule has 2 rings (SSSR count). The van der Waals surface area contributed by atoms with Crippen LogP contribution in [0.3, 0.4) is 0 Å². The number of hydrogen-bond donors (Lipinski definition) is 1. The summed E-state index contributed by atoms with van der Waals surface area (Å²) in [5.74, 6) is -1.83. The number of amides is 2. The van der Waals surface area contributed by atoms with Crippen LogP contribution in [0, 0.1) is 5.82 Å². The lowest BCUT2D eigenvalue weighted by Crippen LogP contribution is -2.51. The van der Waals surface area contributed by atoms with E-state index >= 15 is 0 Å². The van der Waals surface area contributed by atoms with E-state index in [0.717, 1.165) is 12.3 Å². The van der Waals surface area contributed by atoms with Crippen molar-refractivity contribution in [1.82, 2.24) is 10.2 Å². The first-order chi connectivity index (χ1) is 15.1. The zero-order chi connectivity index (χ0) is 23.9. The van der Waals surface area contributed by atoms with Gasteiger partial charge < -0.3 is 10.2 Å². The quantitative estimate of drug-likeness (QED) is 0.562. The van der Waals surface area contributed by atoms with Crippen molar-refractivity contribution in [1.29, 1.82) is 0 Å². The van der Waals surface area contributed by atoms with Gasteiger partial charge in [-0.25, -0.2) is 12.8 Å². The highest BCUT2D eigenvalue weighted by molar-refractivity contribution is 7.92. The van der Waals surface area contributed by atoms with Gasteiger partial charge >= 0.3 is 0 Å². The minimum atomic E-state index is -3.99. The maximum atomic E-state index is 14.3. The van der Waals surface area contributed by atoms with Crippen LogP contribution in [0.1, 0.15) is 25.8 Å². The number of nitrogens with one attached hydrogen (secondary N) is 1. The standard InChI is InChI=1S/C22H27ClFN3O4S/c1-4-13-25-22(29)16(2)26(14-17-9-5-6-10-18(17)23)21(28)15-27(32(3,30)31)20-12-8-7-11-19(20)24/h5-12,16H,4,13-15H2,1-3H3,(H,25,29)/t16-/m0/s1. The predicted molar refractivity (Wildman–Crippen MR) is 123 cm³/mol. The number of nitrogens with zero attached hydrogens (tertiary/aromatic N) is 2. The number of rotatable bonds is 10. The Morgan fingerprint density at radius 1 is 1.12 bits per heavy atom. The lowest BCUT2D eigenvalue weighted by Gasteiger charge is -2.31. The van der Waals surface area contributed by atoms with Gasteiger partial charge in [0.2, 0.25) is 21.8 Å². The molecule has 2 aromatic rings. The third kappa shape index (κ3) is 6.67. The van der Waals surface area contributed by atoms with E-state index in [1.54, 1.807) is 31.2 Å². The average molecular weight is 484 g/mol. The Labute approximate surface area is 193 Å². The van der Waals surface area contributed by atoms with Crippen LogP contribution in [0.2, 0.25) is 5.02 Å². The first kappa shape index (κ1) is 25.6. The number of sulfonamides is 1. The van der Waals surface area contributed by atoms with E-state index < -0.39 is 34.3 Å². The first-order valence-electron chi connectivity index (χ1n) is 10.1. The normalized spacial score (nSPS) is 12.2. The molecule has 0 aliphatic heterocycles. The molecule has 10 heteroatoms. The second-order valence-electron chi connectivity index (χ2n) is 7.30. The summed E-state index contributed by atoms with van der Waals surface area (Å²) < 4.78 is 39.8. The summed E-state index contributed by atoms with van der Waals surface area (Å²) >= 11 is 6.24. The van der Waals surface area contributed by atoms with E-state index in [4.69, 9.17) is 11.6 Å². The Morgan fingerprint density at radius 3 is 2.34 bits per heavy atom. The summed E-state index contributed by atoms with van der Waals surface area (Å²) in [7, 11) is -3.99. The van der Waals surface area contributed by atoms with Crippen LogP contribution in [0.5, 0.6) is 0 Å². The van der Waals surface area contributed by atoms with Gasteiger partial charge in [0.05, 0.1) is 11.9 Å². The van der Waals surface area contributed by atoms with E-state index in [0.29, 0.717) is 27.9 Å². The second kappa shape index (κ2) is 11.3. The summed E-state index contributed by atoms with van der Waals surface area (Å²) in [6.45, 7) is 3.19. The van der Waals surface area contributed by atoms with Gasteiger partial charge in [-0.05, 0) is 37.1 Å². The number of para-hydroxylation sites is 1. The highest BCUT2D eigenvalue weighted by atomic mass is 35.5. The molecule has 0 saturated heterocycles. The molecule has 0 fully saturated rings. The third-order valence-corrected chi connectivity index (χ3v) is 6.31. The Hall–Kier alpha value is -2.65. The summed E-state index contributed by atoms with van der Waals surface area (Å²) in [6.07, 6.45) is 1.61. The molecule has 0 aliphatic rings. The van der Waals surface area contributed by atoms with E-state index in [1.165, 1.54) is 23.1 Å². The lowest BCUT2D eigenvalue weighted by atomic mass is 10.1. The van der Waals surface area contributed by atoms with Crippen molar-refractivity contribution < 1.29 is 22.4 Å². The fourth-order valence-corrected chi connectivity index (χ4v) is 4.08. The SMILES string of the molecule is CCCNC(=O)[C@H](C)N(Cc1ccccc1Cl)C(=O)CN(c1ccccc1F)S(C)(=O)=O. The van der Waals surface area contributed by atoms with Crippen molar-refractivity contribution in [2.24, 2.45) is 0 Å². The molecule has 0 radical (unpaired) electrons. The van der Waals surface area contributed by atoms with Gasteiger partial charge in [0, 0.05) is 18.1 Å². The molecule has 0 unspecified atom stereocenters. The van der Waals surface area contributed by atoms with Crippen LogP contribution < -0.4 is 9.62 Å². The van der Waals surface area contributed by atoms with E-state index in [1.807, 2.05) is 6.92 Å². The van der Waals surface area contributed by atoms with Crippen LogP contribution in [0.25, 0.3) is 0 Å². The third-order valence-electron chi connectivity index (χ3n) is 4.82. The van der Waals surface area contributed by atoms with Crippen LogP contribution in [0.4, 0.5) is 10.1 Å². The monoisotopic (exact) mass is 483 g/mol. The largest absolute Gasteiger partial charge is 0.354 e. The molecule has 0 saturated carbocycles. The number of benzene rings is 2. The molecule has 0 aromatic heterocycles. The molecule has 1 N–H and O–H groups in total. The molecule has 1 atom stereocenters. The van der Waals surface area contributed by atoms with E-state index in [9.17, 15) is 22.4 Å². The van der Waals surface area contributed by atoms with Gasteiger partial charge in [-0.3, -0.25) is 13.9 Å². The van der Waals surface area contributed by atoms with Crippen molar-refractivity contribution >= 4 is 39.1 Å². The number of anilines is 1. The molecule has 174 valence electrons. The lowest BCUT2D eigenvalue weighted by molar-refractivity contribution is -0.139. The van der Waals surface area contributed by atoms with E-state index in [2.05, 4.69) is 5.32 Å². The Kier molecular flexibility index (Phi) is 9.03. The molecule has 2 amide bonds. The molecular formula is C22H27ClFN3O4S. The second-order valence-corrected chi connectivity index (χ2v) is 9.62. The minimum absolute atomic E-state index is 0.0197. The highest BCUT2D eigenvalue weighted by Gasteiger charge is 2.31. The van der Waals surface area contributed by atoms with Gasteiger partial charge in [-0.2, -0.15) is 0 Å². The zero-order valence-corrected chi connectivity index (χ0v) is 19.8. The molecule has 2 aromatic carbocycles. The number of halogens is 2. The van der Waals surface area contributed by atoms with Gasteiger partial charge in [0.15, 0.2) is 0 Å².